The van der Waals surface area contributed by atoms with Gasteiger partial charge in [-0.1, -0.05) is 42.0 Å². The predicted molar refractivity (Wildman–Crippen MR) is 134 cm³/mol. The molecule has 3 aromatic rings. The van der Waals surface area contributed by atoms with Crippen molar-refractivity contribution in [2.75, 3.05) is 37.6 Å². The Morgan fingerprint density at radius 1 is 1.12 bits per heavy atom. The van der Waals surface area contributed by atoms with Crippen LogP contribution in [0.5, 0.6) is 0 Å². The lowest BCUT2D eigenvalue weighted by Gasteiger charge is -2.37. The Morgan fingerprint density at radius 3 is 2.61 bits per heavy atom. The van der Waals surface area contributed by atoms with Crippen molar-refractivity contribution >= 4 is 65.6 Å². The van der Waals surface area contributed by atoms with E-state index in [1.165, 1.54) is 20.6 Å². The molecule has 1 amide bonds. The van der Waals surface area contributed by atoms with Crippen molar-refractivity contribution in [2.24, 2.45) is 0 Å². The summed E-state index contributed by atoms with van der Waals surface area (Å²) >= 11 is 8.67. The highest BCUT2D eigenvalue weighted by Crippen LogP contribution is 2.34. The quantitative estimate of drug-likeness (QED) is 0.503. The van der Waals surface area contributed by atoms with Crippen LogP contribution in [0, 0.1) is 0 Å². The van der Waals surface area contributed by atoms with Crippen LogP contribution in [0.25, 0.3) is 10.2 Å². The maximum absolute atomic E-state index is 13.3. The number of halogens is 1. The summed E-state index contributed by atoms with van der Waals surface area (Å²) in [4.78, 5) is 22.2. The van der Waals surface area contributed by atoms with Gasteiger partial charge in [0.2, 0.25) is 5.91 Å². The van der Waals surface area contributed by atoms with Crippen LogP contribution in [0.15, 0.2) is 34.5 Å². The molecule has 2 saturated heterocycles. The van der Waals surface area contributed by atoms with Gasteiger partial charge < -0.3 is 9.80 Å². The SMILES string of the molecule is CCc1cccc2sc(N3CCN(C(=O)[C@H]4CCCN4S(=O)(=O)c4ccc(Cl)s4)CC3)nc12. The molecule has 1 atom stereocenters. The number of carbonyl (C=O) groups excluding carboxylic acids is 1. The van der Waals surface area contributed by atoms with E-state index in [0.717, 1.165) is 28.4 Å². The number of thiazole rings is 1. The lowest BCUT2D eigenvalue weighted by atomic mass is 10.1. The average Bonchev–Trinajstić information content (AvgIpc) is 3.57. The molecular weight excluding hydrogens is 500 g/mol. The first kappa shape index (κ1) is 23.0. The van der Waals surface area contributed by atoms with Crippen molar-refractivity contribution < 1.29 is 13.2 Å². The number of anilines is 1. The number of nitrogens with zero attached hydrogens (tertiary/aromatic N) is 4. The first-order chi connectivity index (χ1) is 15.9. The minimum absolute atomic E-state index is 0.101. The third kappa shape index (κ3) is 4.27. The van der Waals surface area contributed by atoms with Gasteiger partial charge in [-0.3, -0.25) is 4.79 Å². The van der Waals surface area contributed by atoms with Crippen LogP contribution in [0.2, 0.25) is 4.34 Å². The minimum atomic E-state index is -3.72. The first-order valence-electron chi connectivity index (χ1n) is 11.1. The summed E-state index contributed by atoms with van der Waals surface area (Å²) in [6.45, 7) is 4.99. The van der Waals surface area contributed by atoms with Crippen LogP contribution in [-0.2, 0) is 21.2 Å². The molecule has 33 heavy (non-hydrogen) atoms. The summed E-state index contributed by atoms with van der Waals surface area (Å²) in [5, 5.41) is 0.984. The van der Waals surface area contributed by atoms with E-state index >= 15 is 0 Å². The van der Waals surface area contributed by atoms with Gasteiger partial charge in [0, 0.05) is 32.7 Å². The van der Waals surface area contributed by atoms with E-state index in [9.17, 15) is 13.2 Å². The number of carbonyl (C=O) groups is 1. The number of thiophene rings is 1. The van der Waals surface area contributed by atoms with E-state index in [1.807, 2.05) is 0 Å². The number of aromatic nitrogens is 1. The normalized spacial score (nSPS) is 20.1. The van der Waals surface area contributed by atoms with E-state index in [-0.39, 0.29) is 10.1 Å². The summed E-state index contributed by atoms with van der Waals surface area (Å²) in [5.74, 6) is -0.101. The summed E-state index contributed by atoms with van der Waals surface area (Å²) in [7, 11) is -3.72. The van der Waals surface area contributed by atoms with Crippen LogP contribution in [0.1, 0.15) is 25.3 Å². The number of para-hydroxylation sites is 1. The number of sulfonamides is 1. The van der Waals surface area contributed by atoms with E-state index < -0.39 is 16.1 Å². The third-order valence-corrected chi connectivity index (χ3v) is 11.0. The molecule has 0 N–H and O–H groups in total. The average molecular weight is 525 g/mol. The lowest BCUT2D eigenvalue weighted by molar-refractivity contribution is -0.134. The molecule has 2 aliphatic rings. The highest BCUT2D eigenvalue weighted by atomic mass is 35.5. The molecule has 7 nitrogen and oxygen atoms in total. The molecule has 0 aliphatic carbocycles. The van der Waals surface area contributed by atoms with Gasteiger partial charge in [-0.15, -0.1) is 11.3 Å². The summed E-state index contributed by atoms with van der Waals surface area (Å²) in [6.07, 6.45) is 2.18. The van der Waals surface area contributed by atoms with Crippen molar-refractivity contribution in [3.05, 3.63) is 40.2 Å². The van der Waals surface area contributed by atoms with Crippen LogP contribution >= 0.6 is 34.3 Å². The number of hydrogen-bond donors (Lipinski definition) is 0. The zero-order valence-corrected chi connectivity index (χ0v) is 21.4. The molecule has 0 saturated carbocycles. The molecule has 11 heteroatoms. The Hall–Kier alpha value is -1.72. The summed E-state index contributed by atoms with van der Waals surface area (Å²) < 4.78 is 29.4. The maximum Gasteiger partial charge on any atom is 0.253 e. The highest BCUT2D eigenvalue weighted by Gasteiger charge is 2.42. The van der Waals surface area contributed by atoms with E-state index in [1.54, 1.807) is 22.3 Å². The van der Waals surface area contributed by atoms with Crippen LogP contribution in [0.4, 0.5) is 5.13 Å². The van der Waals surface area contributed by atoms with Gasteiger partial charge in [0.05, 0.1) is 14.6 Å². The fourth-order valence-corrected chi connectivity index (χ4v) is 8.90. The Kier molecular flexibility index (Phi) is 6.39. The number of hydrogen-bond acceptors (Lipinski definition) is 7. The van der Waals surface area contributed by atoms with E-state index in [2.05, 4.69) is 30.0 Å². The number of amides is 1. The van der Waals surface area contributed by atoms with E-state index in [4.69, 9.17) is 16.6 Å². The van der Waals surface area contributed by atoms with Gasteiger partial charge in [0.25, 0.3) is 10.0 Å². The molecule has 2 aliphatic heterocycles. The number of aryl methyl sites for hydroxylation is 1. The van der Waals surface area contributed by atoms with Gasteiger partial charge in [0.1, 0.15) is 10.3 Å². The Balaban J connectivity index is 1.28. The van der Waals surface area contributed by atoms with Crippen molar-refractivity contribution in [2.45, 2.75) is 36.4 Å². The standard InChI is InChI=1S/C22H25ClN4O3S3/c1-2-15-5-3-7-17-20(15)24-22(31-17)26-13-11-25(12-14-26)21(28)16-6-4-10-27(16)33(29,30)19-9-8-18(23)32-19/h3,5,7-9,16H,2,4,6,10-14H2,1H3/t16-/m1/s1. The van der Waals surface area contributed by atoms with Gasteiger partial charge in [-0.2, -0.15) is 4.31 Å². The molecule has 176 valence electrons. The largest absolute Gasteiger partial charge is 0.345 e. The van der Waals surface area contributed by atoms with E-state index in [0.29, 0.717) is 49.9 Å². The second-order valence-electron chi connectivity index (χ2n) is 8.26. The predicted octanol–water partition coefficient (Wildman–Crippen LogP) is 4.08. The van der Waals surface area contributed by atoms with Gasteiger partial charge in [-0.05, 0) is 43.0 Å². The topological polar surface area (TPSA) is 73.8 Å². The number of piperazine rings is 1. The zero-order chi connectivity index (χ0) is 23.2. The second kappa shape index (κ2) is 9.14. The zero-order valence-electron chi connectivity index (χ0n) is 18.2. The number of rotatable bonds is 5. The fourth-order valence-electron chi connectivity index (χ4n) is 4.57. The molecule has 0 unspecified atom stereocenters. The lowest BCUT2D eigenvalue weighted by Crippen LogP contribution is -2.54. The molecule has 2 fully saturated rings. The fraction of sp³-hybridized carbons (Fsp3) is 0.455. The van der Waals surface area contributed by atoms with Crippen molar-refractivity contribution in [3.63, 3.8) is 0 Å². The summed E-state index contributed by atoms with van der Waals surface area (Å²) in [6, 6.07) is 8.75. The Bertz CT molecular complexity index is 1280. The van der Waals surface area contributed by atoms with Gasteiger partial charge in [-0.25, -0.2) is 13.4 Å². The molecule has 0 radical (unpaired) electrons. The van der Waals surface area contributed by atoms with Crippen LogP contribution in [-0.4, -0.2) is 67.3 Å². The second-order valence-corrected chi connectivity index (χ2v) is 13.1. The Morgan fingerprint density at radius 2 is 1.91 bits per heavy atom. The monoisotopic (exact) mass is 524 g/mol. The number of benzene rings is 1. The molecule has 2 aromatic heterocycles. The van der Waals surface area contributed by atoms with Crippen molar-refractivity contribution in [1.29, 1.82) is 0 Å². The minimum Gasteiger partial charge on any atom is -0.345 e. The highest BCUT2D eigenvalue weighted by molar-refractivity contribution is 7.91. The third-order valence-electron chi connectivity index (χ3n) is 6.33. The Labute approximate surface area is 206 Å². The van der Waals surface area contributed by atoms with Crippen molar-refractivity contribution in [1.82, 2.24) is 14.2 Å². The molecular formula is C22H25ClN4O3S3. The molecule has 0 bridgehead atoms. The van der Waals surface area contributed by atoms with Gasteiger partial charge in [0.15, 0.2) is 5.13 Å². The summed E-state index contributed by atoms with van der Waals surface area (Å²) in [5.41, 5.74) is 2.32. The van der Waals surface area contributed by atoms with Crippen LogP contribution < -0.4 is 4.90 Å². The smallest absolute Gasteiger partial charge is 0.253 e. The molecule has 4 heterocycles. The molecule has 0 spiro atoms. The molecule has 5 rings (SSSR count). The number of fused-ring (bicyclic) bond motifs is 1. The molecule has 1 aromatic carbocycles. The van der Waals surface area contributed by atoms with Gasteiger partial charge >= 0.3 is 0 Å². The first-order valence-corrected chi connectivity index (χ1v) is 14.5. The van der Waals surface area contributed by atoms with Crippen molar-refractivity contribution in [3.8, 4) is 0 Å². The maximum atomic E-state index is 13.3. The van der Waals surface area contributed by atoms with Crippen LogP contribution in [0.3, 0.4) is 0 Å².